The minimum Gasteiger partial charge on any atom is -0.456 e. The first-order valence-electron chi connectivity index (χ1n) is 6.62. The lowest BCUT2D eigenvalue weighted by Gasteiger charge is -2.15. The zero-order valence-corrected chi connectivity index (χ0v) is 12.4. The Labute approximate surface area is 117 Å². The predicted octanol–water partition coefficient (Wildman–Crippen LogP) is 4.36. The summed E-state index contributed by atoms with van der Waals surface area (Å²) in [4.78, 5) is 0. The van der Waals surface area contributed by atoms with Gasteiger partial charge in [-0.05, 0) is 25.6 Å². The van der Waals surface area contributed by atoms with Gasteiger partial charge in [-0.1, -0.05) is 26.0 Å². The maximum Gasteiger partial charge on any atom is 0.169 e. The summed E-state index contributed by atoms with van der Waals surface area (Å²) in [7, 11) is 1.91. The molecule has 104 valence electrons. The van der Waals surface area contributed by atoms with Gasteiger partial charge in [0, 0.05) is 16.4 Å². The second kappa shape index (κ2) is 6.44. The van der Waals surface area contributed by atoms with E-state index >= 15 is 0 Å². The molecule has 0 saturated carbocycles. The molecule has 1 aromatic heterocycles. The van der Waals surface area contributed by atoms with Gasteiger partial charge in [-0.15, -0.1) is 0 Å². The Bertz CT molecular complexity index is 540. The summed E-state index contributed by atoms with van der Waals surface area (Å²) in [5.41, 5.74) is 0.353. The molecule has 19 heavy (non-hydrogen) atoms. The van der Waals surface area contributed by atoms with E-state index < -0.39 is 0 Å². The van der Waals surface area contributed by atoms with Gasteiger partial charge in [0.2, 0.25) is 0 Å². The van der Waals surface area contributed by atoms with Crippen LogP contribution in [0.2, 0.25) is 0 Å². The standard InChI is InChI=1S/C15H20FNOS/c1-4-10(2)19-9-13(17-3)14-8-11-6-5-7-12(16)15(11)18-14/h5-8,10,13,17H,4,9H2,1-3H3. The van der Waals surface area contributed by atoms with E-state index in [4.69, 9.17) is 4.42 Å². The van der Waals surface area contributed by atoms with Crippen molar-refractivity contribution in [2.75, 3.05) is 12.8 Å². The third-order valence-corrected chi connectivity index (χ3v) is 4.76. The van der Waals surface area contributed by atoms with E-state index in [-0.39, 0.29) is 11.9 Å². The van der Waals surface area contributed by atoms with Crippen molar-refractivity contribution in [1.29, 1.82) is 0 Å². The van der Waals surface area contributed by atoms with Gasteiger partial charge in [0.25, 0.3) is 0 Å². The van der Waals surface area contributed by atoms with E-state index in [2.05, 4.69) is 19.2 Å². The van der Waals surface area contributed by atoms with E-state index in [9.17, 15) is 4.39 Å². The number of para-hydroxylation sites is 1. The molecule has 2 unspecified atom stereocenters. The van der Waals surface area contributed by atoms with Crippen molar-refractivity contribution in [1.82, 2.24) is 5.32 Å². The summed E-state index contributed by atoms with van der Waals surface area (Å²) in [6.07, 6.45) is 1.15. The molecule has 2 nitrogen and oxygen atoms in total. The normalized spacial score (nSPS) is 14.7. The van der Waals surface area contributed by atoms with E-state index in [1.807, 2.05) is 30.9 Å². The average molecular weight is 281 g/mol. The fourth-order valence-corrected chi connectivity index (χ4v) is 2.99. The van der Waals surface area contributed by atoms with Crippen LogP contribution in [0, 0.1) is 5.82 Å². The number of fused-ring (bicyclic) bond motifs is 1. The van der Waals surface area contributed by atoms with E-state index in [1.165, 1.54) is 6.07 Å². The number of rotatable bonds is 6. The highest BCUT2D eigenvalue weighted by molar-refractivity contribution is 7.99. The van der Waals surface area contributed by atoms with Gasteiger partial charge in [-0.2, -0.15) is 11.8 Å². The first kappa shape index (κ1) is 14.4. The molecule has 2 atom stereocenters. The van der Waals surface area contributed by atoms with Crippen molar-refractivity contribution in [3.8, 4) is 0 Å². The first-order valence-corrected chi connectivity index (χ1v) is 7.67. The molecule has 0 bridgehead atoms. The highest BCUT2D eigenvalue weighted by atomic mass is 32.2. The lowest BCUT2D eigenvalue weighted by atomic mass is 10.2. The van der Waals surface area contributed by atoms with Gasteiger partial charge in [0.1, 0.15) is 5.76 Å². The van der Waals surface area contributed by atoms with E-state index in [0.29, 0.717) is 10.8 Å². The number of benzene rings is 1. The highest BCUT2D eigenvalue weighted by Crippen LogP contribution is 2.28. The van der Waals surface area contributed by atoms with Gasteiger partial charge >= 0.3 is 0 Å². The van der Waals surface area contributed by atoms with Crippen LogP contribution in [0.15, 0.2) is 28.7 Å². The van der Waals surface area contributed by atoms with Crippen LogP contribution in [0.5, 0.6) is 0 Å². The molecule has 1 aromatic carbocycles. The number of halogens is 1. The molecule has 1 N–H and O–H groups in total. The van der Waals surface area contributed by atoms with Crippen LogP contribution in [0.1, 0.15) is 32.1 Å². The lowest BCUT2D eigenvalue weighted by molar-refractivity contribution is 0.466. The number of nitrogens with one attached hydrogen (secondary N) is 1. The minimum absolute atomic E-state index is 0.116. The molecule has 2 aromatic rings. The van der Waals surface area contributed by atoms with Gasteiger partial charge in [-0.25, -0.2) is 4.39 Å². The van der Waals surface area contributed by atoms with Crippen molar-refractivity contribution in [3.05, 3.63) is 35.8 Å². The molecule has 0 aliphatic carbocycles. The quantitative estimate of drug-likeness (QED) is 0.851. The van der Waals surface area contributed by atoms with Gasteiger partial charge in [0.05, 0.1) is 6.04 Å². The summed E-state index contributed by atoms with van der Waals surface area (Å²) in [6.45, 7) is 4.40. The van der Waals surface area contributed by atoms with Gasteiger partial charge in [0.15, 0.2) is 11.4 Å². The topological polar surface area (TPSA) is 25.2 Å². The first-order chi connectivity index (χ1) is 9.15. The van der Waals surface area contributed by atoms with Crippen LogP contribution in [0.4, 0.5) is 4.39 Å². The third-order valence-electron chi connectivity index (χ3n) is 3.33. The van der Waals surface area contributed by atoms with Crippen molar-refractivity contribution in [3.63, 3.8) is 0 Å². The molecule has 0 saturated heterocycles. The second-order valence-corrected chi connectivity index (χ2v) is 6.17. The van der Waals surface area contributed by atoms with Crippen LogP contribution in [-0.2, 0) is 0 Å². The highest BCUT2D eigenvalue weighted by Gasteiger charge is 2.17. The van der Waals surface area contributed by atoms with Crippen LogP contribution in [-0.4, -0.2) is 18.1 Å². The Morgan fingerprint density at radius 2 is 2.21 bits per heavy atom. The zero-order valence-electron chi connectivity index (χ0n) is 11.6. The molecule has 0 aliphatic heterocycles. The van der Waals surface area contributed by atoms with Gasteiger partial charge in [-0.3, -0.25) is 0 Å². The van der Waals surface area contributed by atoms with Crippen molar-refractivity contribution in [2.24, 2.45) is 0 Å². The molecule has 0 radical (unpaired) electrons. The Morgan fingerprint density at radius 1 is 1.42 bits per heavy atom. The minimum atomic E-state index is -0.298. The molecule has 0 spiro atoms. The Hall–Kier alpha value is -1.00. The largest absolute Gasteiger partial charge is 0.456 e. The zero-order chi connectivity index (χ0) is 13.8. The number of furan rings is 1. The Kier molecular flexibility index (Phi) is 4.88. The van der Waals surface area contributed by atoms with Crippen LogP contribution in [0.25, 0.3) is 11.0 Å². The second-order valence-electron chi connectivity index (χ2n) is 4.70. The SMILES string of the molecule is CCC(C)SCC(NC)c1cc2cccc(F)c2o1. The third kappa shape index (κ3) is 3.31. The van der Waals surface area contributed by atoms with Crippen LogP contribution < -0.4 is 5.32 Å². The summed E-state index contributed by atoms with van der Waals surface area (Å²) in [5, 5.41) is 4.69. The summed E-state index contributed by atoms with van der Waals surface area (Å²) >= 11 is 1.90. The van der Waals surface area contributed by atoms with Gasteiger partial charge < -0.3 is 9.73 Å². The fourth-order valence-electron chi connectivity index (χ4n) is 1.91. The van der Waals surface area contributed by atoms with E-state index in [0.717, 1.165) is 23.3 Å². The number of hydrogen-bond acceptors (Lipinski definition) is 3. The lowest BCUT2D eigenvalue weighted by Crippen LogP contribution is -2.19. The maximum absolute atomic E-state index is 13.6. The molecule has 4 heteroatoms. The molecular formula is C15H20FNOS. The number of thioether (sulfide) groups is 1. The molecular weight excluding hydrogens is 261 g/mol. The Morgan fingerprint density at radius 3 is 2.84 bits per heavy atom. The molecule has 0 amide bonds. The molecule has 0 aliphatic rings. The molecule has 2 rings (SSSR count). The van der Waals surface area contributed by atoms with Crippen molar-refractivity contribution in [2.45, 2.75) is 31.6 Å². The predicted molar refractivity (Wildman–Crippen MR) is 80.2 cm³/mol. The molecule has 1 heterocycles. The fraction of sp³-hybridized carbons (Fsp3) is 0.467. The monoisotopic (exact) mass is 281 g/mol. The summed E-state index contributed by atoms with van der Waals surface area (Å²) < 4.78 is 19.3. The van der Waals surface area contributed by atoms with Crippen molar-refractivity contribution >= 4 is 22.7 Å². The molecule has 0 fully saturated rings. The summed E-state index contributed by atoms with van der Waals surface area (Å²) in [5.74, 6) is 1.43. The van der Waals surface area contributed by atoms with Crippen LogP contribution in [0.3, 0.4) is 0 Å². The number of hydrogen-bond donors (Lipinski definition) is 1. The Balaban J connectivity index is 2.18. The smallest absolute Gasteiger partial charge is 0.169 e. The van der Waals surface area contributed by atoms with Crippen molar-refractivity contribution < 1.29 is 8.81 Å². The maximum atomic E-state index is 13.6. The van der Waals surface area contributed by atoms with Crippen LogP contribution >= 0.6 is 11.8 Å². The average Bonchev–Trinajstić information content (AvgIpc) is 2.84. The summed E-state index contributed by atoms with van der Waals surface area (Å²) in [6, 6.07) is 7.05. The van der Waals surface area contributed by atoms with E-state index in [1.54, 1.807) is 6.07 Å².